The number of rotatable bonds is 8. The smallest absolute Gasteiger partial charge is 0.387 e. The minimum absolute atomic E-state index is 0.0446. The number of ketones is 1. The zero-order valence-corrected chi connectivity index (χ0v) is 19.2. The minimum Gasteiger partial charge on any atom is -0.493 e. The average Bonchev–Trinajstić information content (AvgIpc) is 3.27. The van der Waals surface area contributed by atoms with Crippen molar-refractivity contribution in [3.8, 4) is 22.1 Å². The number of pyridine rings is 1. The lowest BCUT2D eigenvalue weighted by molar-refractivity contribution is -0.0512. The second-order valence-corrected chi connectivity index (χ2v) is 8.63. The zero-order chi connectivity index (χ0) is 24.2. The molecule has 0 radical (unpaired) electrons. The Morgan fingerprint density at radius 1 is 1.06 bits per heavy atom. The Balaban J connectivity index is 1.56. The van der Waals surface area contributed by atoms with Gasteiger partial charge in [-0.05, 0) is 42.5 Å². The lowest BCUT2D eigenvalue weighted by atomic mass is 10.1. The van der Waals surface area contributed by atoms with E-state index in [1.165, 1.54) is 36.6 Å². The van der Waals surface area contributed by atoms with Gasteiger partial charge in [0.25, 0.3) is 0 Å². The molecule has 0 saturated carbocycles. The van der Waals surface area contributed by atoms with Gasteiger partial charge in [0.05, 0.1) is 33.1 Å². The number of hydrogen-bond donors (Lipinski definition) is 0. The SMILES string of the molecule is COc1cc(C(=O)COC(=O)c2cc(-c3ccc(Cl)s3)nc3ccccc23)ccc1OC(F)F. The van der Waals surface area contributed by atoms with Gasteiger partial charge in [-0.25, -0.2) is 9.78 Å². The number of Topliss-reactive ketones (excluding diaryl/α,β-unsaturated/α-hetero) is 1. The van der Waals surface area contributed by atoms with E-state index in [4.69, 9.17) is 21.1 Å². The number of carbonyl (C=O) groups excluding carboxylic acids is 2. The van der Waals surface area contributed by atoms with E-state index in [0.29, 0.717) is 20.9 Å². The molecule has 34 heavy (non-hydrogen) atoms. The highest BCUT2D eigenvalue weighted by Crippen LogP contribution is 2.33. The molecule has 174 valence electrons. The summed E-state index contributed by atoms with van der Waals surface area (Å²) >= 11 is 7.36. The summed E-state index contributed by atoms with van der Waals surface area (Å²) in [5, 5.41) is 0.571. The molecule has 0 amide bonds. The highest BCUT2D eigenvalue weighted by atomic mass is 35.5. The van der Waals surface area contributed by atoms with Crippen LogP contribution in [0.4, 0.5) is 8.78 Å². The second kappa shape index (κ2) is 10.1. The molecular weight excluding hydrogens is 488 g/mol. The third-order valence-electron chi connectivity index (χ3n) is 4.80. The molecule has 0 saturated heterocycles. The first-order valence-electron chi connectivity index (χ1n) is 9.84. The molecule has 0 bridgehead atoms. The van der Waals surface area contributed by atoms with Crippen molar-refractivity contribution >= 4 is 45.6 Å². The largest absolute Gasteiger partial charge is 0.493 e. The van der Waals surface area contributed by atoms with Gasteiger partial charge in [0, 0.05) is 10.9 Å². The van der Waals surface area contributed by atoms with Gasteiger partial charge in [-0.1, -0.05) is 29.8 Å². The molecule has 10 heteroatoms. The van der Waals surface area contributed by atoms with Crippen LogP contribution < -0.4 is 9.47 Å². The molecule has 0 fully saturated rings. The maximum atomic E-state index is 12.9. The standard InChI is InChI=1S/C24H16ClF2NO5S/c1-31-20-10-13(6-7-19(20)33-24(26)27)18(29)12-32-23(30)15-11-17(21-8-9-22(25)34-21)28-16-5-3-2-4-14(15)16/h2-11,24H,12H2,1H3. The predicted molar refractivity (Wildman–Crippen MR) is 124 cm³/mol. The Bertz CT molecular complexity index is 1370. The Morgan fingerprint density at radius 2 is 1.85 bits per heavy atom. The van der Waals surface area contributed by atoms with Crippen LogP contribution in [-0.2, 0) is 4.74 Å². The van der Waals surface area contributed by atoms with Crippen LogP contribution in [0.2, 0.25) is 4.34 Å². The highest BCUT2D eigenvalue weighted by molar-refractivity contribution is 7.19. The first-order valence-corrected chi connectivity index (χ1v) is 11.0. The van der Waals surface area contributed by atoms with Crippen molar-refractivity contribution in [2.45, 2.75) is 6.61 Å². The number of fused-ring (bicyclic) bond motifs is 1. The molecule has 0 spiro atoms. The Hall–Kier alpha value is -3.56. The summed E-state index contributed by atoms with van der Waals surface area (Å²) in [7, 11) is 1.26. The van der Waals surface area contributed by atoms with Gasteiger partial charge in [-0.2, -0.15) is 8.78 Å². The van der Waals surface area contributed by atoms with Crippen molar-refractivity contribution in [3.63, 3.8) is 0 Å². The van der Waals surface area contributed by atoms with Crippen molar-refractivity contribution in [3.05, 3.63) is 76.1 Å². The summed E-state index contributed by atoms with van der Waals surface area (Å²) in [5.74, 6) is -1.51. The van der Waals surface area contributed by atoms with Crippen LogP contribution in [0.15, 0.2) is 60.7 Å². The molecule has 4 aromatic rings. The molecular formula is C24H16ClF2NO5S. The van der Waals surface area contributed by atoms with Crippen molar-refractivity contribution in [2.75, 3.05) is 13.7 Å². The second-order valence-electron chi connectivity index (χ2n) is 6.92. The fourth-order valence-electron chi connectivity index (χ4n) is 3.25. The van der Waals surface area contributed by atoms with E-state index in [2.05, 4.69) is 9.72 Å². The van der Waals surface area contributed by atoms with E-state index in [1.807, 2.05) is 0 Å². The monoisotopic (exact) mass is 503 g/mol. The number of methoxy groups -OCH3 is 1. The topological polar surface area (TPSA) is 74.7 Å². The lowest BCUT2D eigenvalue weighted by Crippen LogP contribution is -2.15. The lowest BCUT2D eigenvalue weighted by Gasteiger charge is -2.12. The molecule has 0 atom stereocenters. The number of ether oxygens (including phenoxy) is 3. The van der Waals surface area contributed by atoms with E-state index < -0.39 is 25.0 Å². The van der Waals surface area contributed by atoms with E-state index in [0.717, 1.165) is 4.88 Å². The van der Waals surface area contributed by atoms with Crippen LogP contribution in [0.1, 0.15) is 20.7 Å². The van der Waals surface area contributed by atoms with Gasteiger partial charge in [0.15, 0.2) is 23.9 Å². The number of thiophene rings is 1. The molecule has 2 aromatic carbocycles. The summed E-state index contributed by atoms with van der Waals surface area (Å²) < 4.78 is 40.2. The number of esters is 1. The van der Waals surface area contributed by atoms with Crippen molar-refractivity contribution in [2.24, 2.45) is 0 Å². The van der Waals surface area contributed by atoms with Crippen LogP contribution in [-0.4, -0.2) is 37.1 Å². The van der Waals surface area contributed by atoms with Crippen molar-refractivity contribution in [1.29, 1.82) is 0 Å². The summed E-state index contributed by atoms with van der Waals surface area (Å²) in [6, 6.07) is 15.9. The normalized spacial score (nSPS) is 11.0. The van der Waals surface area contributed by atoms with Gasteiger partial charge >= 0.3 is 12.6 Å². The van der Waals surface area contributed by atoms with Crippen LogP contribution in [0.25, 0.3) is 21.5 Å². The Morgan fingerprint density at radius 3 is 2.56 bits per heavy atom. The Kier molecular flexibility index (Phi) is 7.04. The summed E-state index contributed by atoms with van der Waals surface area (Å²) in [6.07, 6.45) is 0. The molecule has 6 nitrogen and oxygen atoms in total. The van der Waals surface area contributed by atoms with Gasteiger partial charge in [-0.15, -0.1) is 11.3 Å². The van der Waals surface area contributed by atoms with Gasteiger partial charge in [0.1, 0.15) is 0 Å². The number of hydrogen-bond acceptors (Lipinski definition) is 7. The number of para-hydroxylation sites is 1. The van der Waals surface area contributed by atoms with E-state index >= 15 is 0 Å². The maximum Gasteiger partial charge on any atom is 0.387 e. The first kappa shape index (κ1) is 23.6. The fourth-order valence-corrected chi connectivity index (χ4v) is 4.25. The third-order valence-corrected chi connectivity index (χ3v) is 6.05. The maximum absolute atomic E-state index is 12.9. The minimum atomic E-state index is -3.04. The van der Waals surface area contributed by atoms with E-state index in [9.17, 15) is 18.4 Å². The zero-order valence-electron chi connectivity index (χ0n) is 17.6. The van der Waals surface area contributed by atoms with Crippen LogP contribution in [0.3, 0.4) is 0 Å². The van der Waals surface area contributed by atoms with Crippen LogP contribution >= 0.6 is 22.9 Å². The van der Waals surface area contributed by atoms with Gasteiger partial charge < -0.3 is 14.2 Å². The van der Waals surface area contributed by atoms with Gasteiger partial charge in [-0.3, -0.25) is 4.79 Å². The number of nitrogens with zero attached hydrogens (tertiary/aromatic N) is 1. The molecule has 4 rings (SSSR count). The predicted octanol–water partition coefficient (Wildman–Crippen LogP) is 6.27. The molecule has 0 aliphatic rings. The number of benzene rings is 2. The Labute approximate surface area is 201 Å². The van der Waals surface area contributed by atoms with E-state index in [1.54, 1.807) is 42.5 Å². The van der Waals surface area contributed by atoms with Crippen molar-refractivity contribution in [1.82, 2.24) is 4.98 Å². The van der Waals surface area contributed by atoms with Crippen molar-refractivity contribution < 1.29 is 32.6 Å². The highest BCUT2D eigenvalue weighted by Gasteiger charge is 2.19. The molecule has 0 N–H and O–H groups in total. The third kappa shape index (κ3) is 5.16. The quantitative estimate of drug-likeness (QED) is 0.208. The summed E-state index contributed by atoms with van der Waals surface area (Å²) in [6.45, 7) is -3.60. The number of aromatic nitrogens is 1. The molecule has 2 heterocycles. The molecule has 0 aliphatic carbocycles. The average molecular weight is 504 g/mol. The molecule has 2 aromatic heterocycles. The summed E-state index contributed by atoms with van der Waals surface area (Å²) in [4.78, 5) is 30.9. The first-order chi connectivity index (χ1) is 16.4. The number of halogens is 3. The van der Waals surface area contributed by atoms with Gasteiger partial charge in [0.2, 0.25) is 0 Å². The van der Waals surface area contributed by atoms with E-state index in [-0.39, 0.29) is 22.6 Å². The fraction of sp³-hybridized carbons (Fsp3) is 0.125. The molecule has 0 aliphatic heterocycles. The van der Waals surface area contributed by atoms with Crippen LogP contribution in [0, 0.1) is 0 Å². The summed E-state index contributed by atoms with van der Waals surface area (Å²) in [5.41, 5.74) is 1.49. The molecule has 0 unspecified atom stereocenters. The number of carbonyl (C=O) groups is 2. The van der Waals surface area contributed by atoms with Crippen LogP contribution in [0.5, 0.6) is 11.5 Å². The number of alkyl halides is 2.